The Bertz CT molecular complexity index is 737. The minimum Gasteiger partial charge on any atom is -0.339 e. The Labute approximate surface area is 138 Å². The Balaban J connectivity index is 1.69. The topological polar surface area (TPSA) is 24.4 Å². The van der Waals surface area contributed by atoms with Crippen LogP contribution in [0.4, 0.5) is 0 Å². The van der Waals surface area contributed by atoms with Crippen molar-refractivity contribution in [1.82, 2.24) is 5.32 Å². The molecule has 116 valence electrons. The highest BCUT2D eigenvalue weighted by atomic mass is 15.0. The highest BCUT2D eigenvalue weighted by Crippen LogP contribution is 2.28. The van der Waals surface area contributed by atoms with E-state index in [1.165, 1.54) is 48.8 Å². The molecule has 0 atom stereocenters. The van der Waals surface area contributed by atoms with Gasteiger partial charge in [0.2, 0.25) is 0 Å². The van der Waals surface area contributed by atoms with E-state index >= 15 is 0 Å². The molecular weight excluding hydrogens is 280 g/mol. The molecule has 2 aliphatic rings. The van der Waals surface area contributed by atoms with Crippen molar-refractivity contribution in [2.75, 3.05) is 0 Å². The van der Waals surface area contributed by atoms with Gasteiger partial charge in [0.05, 0.1) is 6.04 Å². The summed E-state index contributed by atoms with van der Waals surface area (Å²) in [6.07, 6.45) is 8.66. The molecule has 1 aliphatic carbocycles. The molecule has 1 aliphatic heterocycles. The minimum atomic E-state index is 0.482. The summed E-state index contributed by atoms with van der Waals surface area (Å²) in [5, 5.41) is 3.56. The predicted octanol–water partition coefficient (Wildman–Crippen LogP) is 4.87. The zero-order valence-corrected chi connectivity index (χ0v) is 13.3. The highest BCUT2D eigenvalue weighted by molar-refractivity contribution is 6.14. The molecule has 0 unspecified atom stereocenters. The molecule has 0 spiro atoms. The summed E-state index contributed by atoms with van der Waals surface area (Å²) in [5.41, 5.74) is 4.86. The maximum atomic E-state index is 5.03. The average molecular weight is 302 g/mol. The fourth-order valence-corrected chi connectivity index (χ4v) is 3.51. The Morgan fingerprint density at radius 3 is 2.30 bits per heavy atom. The molecular formula is C21H22N2. The van der Waals surface area contributed by atoms with Crippen LogP contribution in [0.5, 0.6) is 0 Å². The molecule has 1 heterocycles. The van der Waals surface area contributed by atoms with Gasteiger partial charge in [0.25, 0.3) is 0 Å². The van der Waals surface area contributed by atoms with Gasteiger partial charge in [-0.3, -0.25) is 4.99 Å². The molecule has 2 heteroatoms. The quantitative estimate of drug-likeness (QED) is 0.841. The molecule has 0 aromatic heterocycles. The summed E-state index contributed by atoms with van der Waals surface area (Å²) >= 11 is 0. The van der Waals surface area contributed by atoms with Crippen molar-refractivity contribution in [1.29, 1.82) is 0 Å². The van der Waals surface area contributed by atoms with Crippen LogP contribution in [0.25, 0.3) is 11.8 Å². The molecule has 2 aromatic rings. The predicted molar refractivity (Wildman–Crippen MR) is 97.3 cm³/mol. The van der Waals surface area contributed by atoms with E-state index in [9.17, 15) is 0 Å². The summed E-state index contributed by atoms with van der Waals surface area (Å²) in [6, 6.07) is 19.5. The summed E-state index contributed by atoms with van der Waals surface area (Å²) in [6.45, 7) is 0. The minimum absolute atomic E-state index is 0.482. The van der Waals surface area contributed by atoms with Crippen molar-refractivity contribution in [2.24, 2.45) is 4.99 Å². The van der Waals surface area contributed by atoms with Gasteiger partial charge < -0.3 is 5.32 Å². The third-order valence-corrected chi connectivity index (χ3v) is 4.72. The van der Waals surface area contributed by atoms with Crippen molar-refractivity contribution in [2.45, 2.75) is 38.1 Å². The van der Waals surface area contributed by atoms with E-state index in [2.05, 4.69) is 59.9 Å². The first-order valence-electron chi connectivity index (χ1n) is 8.61. The molecule has 1 fully saturated rings. The van der Waals surface area contributed by atoms with Gasteiger partial charge in [-0.1, -0.05) is 73.9 Å². The van der Waals surface area contributed by atoms with E-state index in [0.717, 1.165) is 11.5 Å². The van der Waals surface area contributed by atoms with E-state index in [4.69, 9.17) is 4.99 Å². The second kappa shape index (κ2) is 6.41. The monoisotopic (exact) mass is 302 g/mol. The third kappa shape index (κ3) is 3.07. The summed E-state index contributed by atoms with van der Waals surface area (Å²) < 4.78 is 0. The lowest BCUT2D eigenvalue weighted by molar-refractivity contribution is 0.443. The third-order valence-electron chi connectivity index (χ3n) is 4.72. The summed E-state index contributed by atoms with van der Waals surface area (Å²) in [4.78, 5) is 5.03. The first kappa shape index (κ1) is 14.3. The van der Waals surface area contributed by atoms with Crippen LogP contribution in [0.1, 0.15) is 48.8 Å². The lowest BCUT2D eigenvalue weighted by Crippen LogP contribution is -2.20. The van der Waals surface area contributed by atoms with E-state index < -0.39 is 0 Å². The van der Waals surface area contributed by atoms with Crippen LogP contribution in [0, 0.1) is 0 Å². The number of rotatable bonds is 2. The molecule has 4 rings (SSSR count). The van der Waals surface area contributed by atoms with Gasteiger partial charge in [-0.05, 0) is 24.5 Å². The van der Waals surface area contributed by atoms with Gasteiger partial charge in [0, 0.05) is 16.8 Å². The van der Waals surface area contributed by atoms with E-state index in [1.54, 1.807) is 0 Å². The summed E-state index contributed by atoms with van der Waals surface area (Å²) in [7, 11) is 0. The number of nitrogens with zero attached hydrogens (tertiary/aromatic N) is 1. The van der Waals surface area contributed by atoms with Crippen molar-refractivity contribution >= 4 is 17.6 Å². The van der Waals surface area contributed by atoms with Gasteiger partial charge in [0.1, 0.15) is 5.84 Å². The van der Waals surface area contributed by atoms with E-state index in [-0.39, 0.29) is 0 Å². The standard InChI is InChI=1S/C21H22N2/c1-3-9-16(10-4-1)15-20-18-13-7-8-14-19(18)21(23-20)22-17-11-5-2-6-12-17/h1,3-4,7-10,13-15,17H,2,5-6,11-12H2,(H,22,23)/b20-15-. The first-order valence-corrected chi connectivity index (χ1v) is 8.61. The maximum absolute atomic E-state index is 5.03. The fraction of sp³-hybridized carbons (Fsp3) is 0.286. The number of amidine groups is 1. The molecule has 0 radical (unpaired) electrons. The zero-order chi connectivity index (χ0) is 15.5. The van der Waals surface area contributed by atoms with Gasteiger partial charge in [-0.15, -0.1) is 0 Å². The molecule has 1 N–H and O–H groups in total. The number of hydrogen-bond donors (Lipinski definition) is 1. The summed E-state index contributed by atoms with van der Waals surface area (Å²) in [5.74, 6) is 1.05. The number of benzene rings is 2. The second-order valence-corrected chi connectivity index (χ2v) is 6.41. The van der Waals surface area contributed by atoms with Gasteiger partial charge in [0.15, 0.2) is 0 Å². The SMILES string of the molecule is C(=C1/NC(=NC2CCCCC2)c2ccccc21)/c1ccccc1. The molecule has 2 aromatic carbocycles. The van der Waals surface area contributed by atoms with Crippen LogP contribution in [-0.4, -0.2) is 11.9 Å². The van der Waals surface area contributed by atoms with Gasteiger partial charge >= 0.3 is 0 Å². The molecule has 2 nitrogen and oxygen atoms in total. The van der Waals surface area contributed by atoms with Crippen LogP contribution in [-0.2, 0) is 0 Å². The van der Waals surface area contributed by atoms with Crippen molar-refractivity contribution < 1.29 is 0 Å². The number of fused-ring (bicyclic) bond motifs is 1. The van der Waals surface area contributed by atoms with Crippen molar-refractivity contribution in [3.05, 3.63) is 71.3 Å². The first-order chi connectivity index (χ1) is 11.4. The smallest absolute Gasteiger partial charge is 0.133 e. The van der Waals surface area contributed by atoms with Crippen LogP contribution < -0.4 is 5.32 Å². The van der Waals surface area contributed by atoms with Crippen molar-refractivity contribution in [3.8, 4) is 0 Å². The molecule has 0 saturated heterocycles. The van der Waals surface area contributed by atoms with Crippen LogP contribution in [0.2, 0.25) is 0 Å². The normalized spacial score (nSPS) is 21.4. The molecule has 23 heavy (non-hydrogen) atoms. The number of hydrogen-bond acceptors (Lipinski definition) is 1. The van der Waals surface area contributed by atoms with Crippen LogP contribution in [0.15, 0.2) is 59.6 Å². The Morgan fingerprint density at radius 2 is 1.52 bits per heavy atom. The lowest BCUT2D eigenvalue weighted by Gasteiger charge is -2.18. The second-order valence-electron chi connectivity index (χ2n) is 6.41. The van der Waals surface area contributed by atoms with Crippen LogP contribution >= 0.6 is 0 Å². The zero-order valence-electron chi connectivity index (χ0n) is 13.3. The van der Waals surface area contributed by atoms with Crippen LogP contribution in [0.3, 0.4) is 0 Å². The fourth-order valence-electron chi connectivity index (χ4n) is 3.51. The highest BCUT2D eigenvalue weighted by Gasteiger charge is 2.23. The molecule has 1 saturated carbocycles. The Kier molecular flexibility index (Phi) is 3.97. The van der Waals surface area contributed by atoms with Crippen molar-refractivity contribution in [3.63, 3.8) is 0 Å². The largest absolute Gasteiger partial charge is 0.339 e. The van der Waals surface area contributed by atoms with Gasteiger partial charge in [-0.2, -0.15) is 0 Å². The lowest BCUT2D eigenvalue weighted by atomic mass is 9.96. The maximum Gasteiger partial charge on any atom is 0.133 e. The van der Waals surface area contributed by atoms with E-state index in [1.807, 2.05) is 6.07 Å². The Hall–Kier alpha value is -2.35. The number of aliphatic imine (C=N–C) groups is 1. The average Bonchev–Trinajstić information content (AvgIpc) is 2.95. The molecule has 0 bridgehead atoms. The molecule has 0 amide bonds. The van der Waals surface area contributed by atoms with E-state index in [0.29, 0.717) is 6.04 Å². The van der Waals surface area contributed by atoms with Gasteiger partial charge in [-0.25, -0.2) is 0 Å². The number of nitrogens with one attached hydrogen (secondary N) is 1. The Morgan fingerprint density at radius 1 is 0.826 bits per heavy atom.